The van der Waals surface area contributed by atoms with Gasteiger partial charge in [-0.05, 0) is 62.6 Å². The molecule has 0 bridgehead atoms. The lowest BCUT2D eigenvalue weighted by atomic mass is 10.1. The number of methoxy groups -OCH3 is 1. The highest BCUT2D eigenvalue weighted by molar-refractivity contribution is 9.10. The number of hydrogen-bond donors (Lipinski definition) is 1. The zero-order valence-electron chi connectivity index (χ0n) is 13.0. The Bertz CT molecular complexity index is 769. The molecule has 7 heteroatoms. The number of nitrogens with one attached hydrogen (secondary N) is 1. The molecule has 0 saturated carbocycles. The fourth-order valence-corrected chi connectivity index (χ4v) is 3.52. The van der Waals surface area contributed by atoms with Gasteiger partial charge in [0.2, 0.25) is 0 Å². The Morgan fingerprint density at radius 3 is 3.00 bits per heavy atom. The van der Waals surface area contributed by atoms with Crippen molar-refractivity contribution in [2.24, 2.45) is 0 Å². The maximum atomic E-state index is 12.6. The Balaban J connectivity index is 1.77. The molecule has 0 aliphatic rings. The van der Waals surface area contributed by atoms with Gasteiger partial charge in [0.05, 0.1) is 18.7 Å². The molecule has 0 spiro atoms. The topological polar surface area (TPSA) is 56.1 Å². The van der Waals surface area contributed by atoms with Crippen molar-refractivity contribution in [1.82, 2.24) is 15.1 Å². The maximum absolute atomic E-state index is 12.6. The first-order valence-corrected chi connectivity index (χ1v) is 9.05. The minimum atomic E-state index is -0.159. The highest BCUT2D eigenvalue weighted by atomic mass is 79.9. The molecule has 0 saturated heterocycles. The molecule has 5 nitrogen and oxygen atoms in total. The number of amides is 1. The minimum absolute atomic E-state index is 0.0421. The molecule has 0 aliphatic carbocycles. The number of aromatic nitrogens is 2. The van der Waals surface area contributed by atoms with Crippen molar-refractivity contribution in [3.05, 3.63) is 69.1 Å². The predicted octanol–water partition coefficient (Wildman–Crippen LogP) is 3.74. The van der Waals surface area contributed by atoms with Crippen molar-refractivity contribution in [1.29, 1.82) is 0 Å². The lowest BCUT2D eigenvalue weighted by molar-refractivity contribution is 0.0948. The van der Waals surface area contributed by atoms with E-state index in [1.165, 1.54) is 0 Å². The first-order chi connectivity index (χ1) is 11.7. The van der Waals surface area contributed by atoms with Crippen LogP contribution in [0.15, 0.2) is 58.0 Å². The normalized spacial score (nSPS) is 11.9. The van der Waals surface area contributed by atoms with Crippen LogP contribution >= 0.6 is 27.3 Å². The van der Waals surface area contributed by atoms with Gasteiger partial charge in [-0.15, -0.1) is 0 Å². The van der Waals surface area contributed by atoms with Gasteiger partial charge < -0.3 is 10.1 Å². The molecular formula is C17H16BrN3O2S. The molecule has 24 heavy (non-hydrogen) atoms. The van der Waals surface area contributed by atoms with Gasteiger partial charge in [0, 0.05) is 23.4 Å². The summed E-state index contributed by atoms with van der Waals surface area (Å²) in [6, 6.07) is 9.20. The van der Waals surface area contributed by atoms with Crippen LogP contribution in [0, 0.1) is 0 Å². The van der Waals surface area contributed by atoms with Crippen molar-refractivity contribution in [3.63, 3.8) is 0 Å². The SMILES string of the molecule is COc1ccc(Br)c(C(=O)NC[C@@H](c2ccsc2)n2cccn2)c1. The summed E-state index contributed by atoms with van der Waals surface area (Å²) in [5, 5.41) is 11.4. The zero-order valence-corrected chi connectivity index (χ0v) is 15.4. The van der Waals surface area contributed by atoms with Crippen LogP contribution in [0.5, 0.6) is 5.75 Å². The van der Waals surface area contributed by atoms with Crippen LogP contribution in [0.25, 0.3) is 0 Å². The van der Waals surface area contributed by atoms with Gasteiger partial charge in [-0.3, -0.25) is 9.48 Å². The maximum Gasteiger partial charge on any atom is 0.252 e. The molecule has 1 atom stereocenters. The highest BCUT2D eigenvalue weighted by Crippen LogP contribution is 2.23. The van der Waals surface area contributed by atoms with E-state index in [0.717, 1.165) is 10.0 Å². The Morgan fingerprint density at radius 2 is 2.33 bits per heavy atom. The summed E-state index contributed by atoms with van der Waals surface area (Å²) in [4.78, 5) is 12.6. The van der Waals surface area contributed by atoms with Crippen LogP contribution in [0.2, 0.25) is 0 Å². The number of hydrogen-bond acceptors (Lipinski definition) is 4. The Labute approximate surface area is 152 Å². The van der Waals surface area contributed by atoms with Gasteiger partial charge in [-0.2, -0.15) is 16.4 Å². The van der Waals surface area contributed by atoms with Gasteiger partial charge in [-0.25, -0.2) is 0 Å². The first kappa shape index (κ1) is 16.7. The predicted molar refractivity (Wildman–Crippen MR) is 97.7 cm³/mol. The van der Waals surface area contributed by atoms with Crippen LogP contribution in [-0.2, 0) is 0 Å². The van der Waals surface area contributed by atoms with E-state index in [2.05, 4.69) is 31.7 Å². The van der Waals surface area contributed by atoms with E-state index in [9.17, 15) is 4.79 Å². The van der Waals surface area contributed by atoms with E-state index in [-0.39, 0.29) is 11.9 Å². The molecule has 1 aromatic carbocycles. The average Bonchev–Trinajstić information content (AvgIpc) is 3.29. The third kappa shape index (κ3) is 3.68. The molecule has 3 rings (SSSR count). The quantitative estimate of drug-likeness (QED) is 0.679. The Kier molecular flexibility index (Phi) is 5.32. The van der Waals surface area contributed by atoms with E-state index < -0.39 is 0 Å². The Morgan fingerprint density at radius 1 is 1.46 bits per heavy atom. The number of rotatable bonds is 6. The van der Waals surface area contributed by atoms with Crippen LogP contribution < -0.4 is 10.1 Å². The number of carbonyl (C=O) groups excluding carboxylic acids is 1. The van der Waals surface area contributed by atoms with Crippen molar-refractivity contribution in [2.45, 2.75) is 6.04 Å². The van der Waals surface area contributed by atoms with Gasteiger partial charge in [0.15, 0.2) is 0 Å². The van der Waals surface area contributed by atoms with Crippen LogP contribution in [0.4, 0.5) is 0 Å². The summed E-state index contributed by atoms with van der Waals surface area (Å²) < 4.78 is 7.77. The number of benzene rings is 1. The molecule has 0 aliphatic heterocycles. The number of ether oxygens (including phenoxy) is 1. The van der Waals surface area contributed by atoms with Crippen LogP contribution in [0.3, 0.4) is 0 Å². The molecular weight excluding hydrogens is 390 g/mol. The third-order valence-electron chi connectivity index (χ3n) is 3.65. The summed E-state index contributed by atoms with van der Waals surface area (Å²) in [6.07, 6.45) is 3.63. The molecule has 124 valence electrons. The third-order valence-corrected chi connectivity index (χ3v) is 5.04. The molecule has 2 aromatic heterocycles. The molecule has 0 radical (unpaired) electrons. The smallest absolute Gasteiger partial charge is 0.252 e. The molecule has 2 heterocycles. The first-order valence-electron chi connectivity index (χ1n) is 7.32. The summed E-state index contributed by atoms with van der Waals surface area (Å²) >= 11 is 5.04. The summed E-state index contributed by atoms with van der Waals surface area (Å²) in [7, 11) is 1.58. The van der Waals surface area contributed by atoms with Crippen LogP contribution in [-0.4, -0.2) is 29.3 Å². The summed E-state index contributed by atoms with van der Waals surface area (Å²) in [5.74, 6) is 0.484. The Hall–Kier alpha value is -2.12. The van der Waals surface area contributed by atoms with E-state index in [1.807, 2.05) is 28.4 Å². The van der Waals surface area contributed by atoms with Gasteiger partial charge in [0.1, 0.15) is 5.75 Å². The zero-order chi connectivity index (χ0) is 16.9. The second-order valence-corrected chi connectivity index (χ2v) is 6.75. The second-order valence-electron chi connectivity index (χ2n) is 5.11. The summed E-state index contributed by atoms with van der Waals surface area (Å²) in [6.45, 7) is 0.445. The van der Waals surface area contributed by atoms with Gasteiger partial charge in [0.25, 0.3) is 5.91 Å². The van der Waals surface area contributed by atoms with Crippen molar-refractivity contribution >= 4 is 33.2 Å². The molecule has 1 amide bonds. The van der Waals surface area contributed by atoms with Crippen molar-refractivity contribution < 1.29 is 9.53 Å². The molecule has 3 aromatic rings. The molecule has 0 unspecified atom stereocenters. The van der Waals surface area contributed by atoms with E-state index in [4.69, 9.17) is 4.74 Å². The number of thiophene rings is 1. The lowest BCUT2D eigenvalue weighted by Crippen LogP contribution is -2.31. The van der Waals surface area contributed by atoms with E-state index in [0.29, 0.717) is 17.9 Å². The van der Waals surface area contributed by atoms with Crippen molar-refractivity contribution in [3.8, 4) is 5.75 Å². The van der Waals surface area contributed by atoms with Gasteiger partial charge >= 0.3 is 0 Å². The molecule has 0 fully saturated rings. The largest absolute Gasteiger partial charge is 0.497 e. The van der Waals surface area contributed by atoms with Crippen LogP contribution in [0.1, 0.15) is 22.0 Å². The number of nitrogens with zero attached hydrogens (tertiary/aromatic N) is 2. The minimum Gasteiger partial charge on any atom is -0.497 e. The van der Waals surface area contributed by atoms with E-state index in [1.54, 1.807) is 42.8 Å². The number of halogens is 1. The summed E-state index contributed by atoms with van der Waals surface area (Å²) in [5.41, 5.74) is 1.66. The average molecular weight is 406 g/mol. The van der Waals surface area contributed by atoms with Gasteiger partial charge in [-0.1, -0.05) is 0 Å². The standard InChI is InChI=1S/C17H16BrN3O2S/c1-23-13-3-4-15(18)14(9-13)17(22)19-10-16(12-5-8-24-11-12)21-7-2-6-20-21/h2-9,11,16H,10H2,1H3,(H,19,22)/t16-/m0/s1. The monoisotopic (exact) mass is 405 g/mol. The lowest BCUT2D eigenvalue weighted by Gasteiger charge is -2.18. The fraction of sp³-hybridized carbons (Fsp3) is 0.176. The number of carbonyl (C=O) groups is 1. The fourth-order valence-electron chi connectivity index (χ4n) is 2.38. The highest BCUT2D eigenvalue weighted by Gasteiger charge is 2.18. The van der Waals surface area contributed by atoms with Crippen molar-refractivity contribution in [2.75, 3.05) is 13.7 Å². The van der Waals surface area contributed by atoms with E-state index >= 15 is 0 Å². The molecule has 1 N–H and O–H groups in total. The second kappa shape index (κ2) is 7.63.